The van der Waals surface area contributed by atoms with E-state index < -0.39 is 10.0 Å². The minimum absolute atomic E-state index is 0.368. The standard InChI is InChI=1S/C14H23ClN2O2S2/c1-3-6-16-9-12-5-4-7-17(10-12)21(18,19)13-8-11(2)14(15)20-13/h8,12,16H,3-7,9-10H2,1-2H3. The lowest BCUT2D eigenvalue weighted by atomic mass is 10.00. The van der Waals surface area contributed by atoms with Crippen LogP contribution in [0, 0.1) is 12.8 Å². The van der Waals surface area contributed by atoms with Crippen LogP contribution in [-0.2, 0) is 10.0 Å². The van der Waals surface area contributed by atoms with Gasteiger partial charge in [-0.1, -0.05) is 18.5 Å². The summed E-state index contributed by atoms with van der Waals surface area (Å²) >= 11 is 7.17. The van der Waals surface area contributed by atoms with E-state index in [4.69, 9.17) is 11.6 Å². The third kappa shape index (κ3) is 4.20. The first kappa shape index (κ1) is 17.2. The number of halogens is 1. The van der Waals surface area contributed by atoms with Crippen LogP contribution in [0.4, 0.5) is 0 Å². The molecule has 0 amide bonds. The highest BCUT2D eigenvalue weighted by atomic mass is 35.5. The fourth-order valence-corrected chi connectivity index (χ4v) is 6.00. The Bertz CT molecular complexity index is 552. The third-order valence-corrected chi connectivity index (χ3v) is 7.64. The summed E-state index contributed by atoms with van der Waals surface area (Å²) in [5.41, 5.74) is 0.832. The molecular formula is C14H23ClN2O2S2. The van der Waals surface area contributed by atoms with E-state index in [9.17, 15) is 8.42 Å². The Morgan fingerprint density at radius 3 is 2.90 bits per heavy atom. The van der Waals surface area contributed by atoms with E-state index in [1.165, 1.54) is 0 Å². The van der Waals surface area contributed by atoms with Crippen LogP contribution >= 0.6 is 22.9 Å². The number of rotatable bonds is 6. The normalized spacial score (nSPS) is 20.8. The Morgan fingerprint density at radius 2 is 2.29 bits per heavy atom. The molecule has 1 N–H and O–H groups in total. The van der Waals surface area contributed by atoms with E-state index in [-0.39, 0.29) is 0 Å². The average Bonchev–Trinajstić information content (AvgIpc) is 2.80. The zero-order valence-corrected chi connectivity index (χ0v) is 15.0. The lowest BCUT2D eigenvalue weighted by Gasteiger charge is -2.31. The molecule has 1 unspecified atom stereocenters. The molecule has 120 valence electrons. The molecule has 1 saturated heterocycles. The van der Waals surface area contributed by atoms with Crippen molar-refractivity contribution in [3.05, 3.63) is 16.0 Å². The third-order valence-electron chi connectivity index (χ3n) is 3.77. The van der Waals surface area contributed by atoms with Crippen molar-refractivity contribution in [1.82, 2.24) is 9.62 Å². The predicted octanol–water partition coefficient (Wildman–Crippen LogP) is 3.11. The maximum atomic E-state index is 12.7. The highest BCUT2D eigenvalue weighted by Crippen LogP contribution is 2.33. The van der Waals surface area contributed by atoms with E-state index in [1.807, 2.05) is 6.92 Å². The van der Waals surface area contributed by atoms with Crippen LogP contribution in [0.3, 0.4) is 0 Å². The van der Waals surface area contributed by atoms with Crippen molar-refractivity contribution in [3.63, 3.8) is 0 Å². The van der Waals surface area contributed by atoms with Crippen molar-refractivity contribution < 1.29 is 8.42 Å². The molecule has 1 aliphatic heterocycles. The fraction of sp³-hybridized carbons (Fsp3) is 0.714. The molecule has 0 radical (unpaired) electrons. The van der Waals surface area contributed by atoms with E-state index in [2.05, 4.69) is 12.2 Å². The molecule has 0 bridgehead atoms. The smallest absolute Gasteiger partial charge is 0.252 e. The Balaban J connectivity index is 2.05. The van der Waals surface area contributed by atoms with Gasteiger partial charge in [-0.2, -0.15) is 4.31 Å². The molecule has 4 nitrogen and oxygen atoms in total. The Labute approximate surface area is 136 Å². The summed E-state index contributed by atoms with van der Waals surface area (Å²) in [6.45, 7) is 7.07. The number of nitrogens with one attached hydrogen (secondary N) is 1. The molecule has 0 saturated carbocycles. The molecule has 0 spiro atoms. The maximum absolute atomic E-state index is 12.7. The van der Waals surface area contributed by atoms with E-state index in [0.717, 1.165) is 49.3 Å². The number of piperidine rings is 1. The van der Waals surface area contributed by atoms with Crippen LogP contribution in [0.5, 0.6) is 0 Å². The second-order valence-corrected chi connectivity index (χ2v) is 9.42. The van der Waals surface area contributed by atoms with Crippen molar-refractivity contribution in [2.45, 2.75) is 37.3 Å². The highest BCUT2D eigenvalue weighted by Gasteiger charge is 2.31. The van der Waals surface area contributed by atoms with Gasteiger partial charge in [0, 0.05) is 13.1 Å². The van der Waals surface area contributed by atoms with E-state index >= 15 is 0 Å². The van der Waals surface area contributed by atoms with Gasteiger partial charge in [-0.25, -0.2) is 8.42 Å². The number of hydrogen-bond acceptors (Lipinski definition) is 4. The van der Waals surface area contributed by atoms with Gasteiger partial charge in [-0.15, -0.1) is 11.3 Å². The molecule has 1 fully saturated rings. The SMILES string of the molecule is CCCNCC1CCCN(S(=O)(=O)c2cc(C)c(Cl)s2)C1. The molecule has 0 aromatic carbocycles. The van der Waals surface area contributed by atoms with Crippen LogP contribution in [0.15, 0.2) is 10.3 Å². The van der Waals surface area contributed by atoms with Crippen LogP contribution in [-0.4, -0.2) is 38.9 Å². The first-order chi connectivity index (χ1) is 9.95. The number of nitrogens with zero attached hydrogens (tertiary/aromatic N) is 1. The first-order valence-corrected chi connectivity index (χ1v) is 10.1. The van der Waals surface area contributed by atoms with Crippen molar-refractivity contribution in [1.29, 1.82) is 0 Å². The van der Waals surface area contributed by atoms with Crippen LogP contribution in [0.1, 0.15) is 31.7 Å². The fourth-order valence-electron chi connectivity index (χ4n) is 2.58. The van der Waals surface area contributed by atoms with Gasteiger partial charge < -0.3 is 5.32 Å². The van der Waals surface area contributed by atoms with Gasteiger partial charge in [-0.3, -0.25) is 0 Å². The molecular weight excluding hydrogens is 328 g/mol. The summed E-state index contributed by atoms with van der Waals surface area (Å²) < 4.78 is 27.9. The van der Waals surface area contributed by atoms with Crippen molar-refractivity contribution in [3.8, 4) is 0 Å². The first-order valence-electron chi connectivity index (χ1n) is 7.42. The summed E-state index contributed by atoms with van der Waals surface area (Å²) in [6.07, 6.45) is 3.12. The quantitative estimate of drug-likeness (QED) is 0.802. The largest absolute Gasteiger partial charge is 0.316 e. The topological polar surface area (TPSA) is 49.4 Å². The van der Waals surface area contributed by atoms with Gasteiger partial charge in [0.25, 0.3) is 10.0 Å². The summed E-state index contributed by atoms with van der Waals surface area (Å²) in [7, 11) is -3.39. The number of hydrogen-bond donors (Lipinski definition) is 1. The molecule has 1 aromatic heterocycles. The minimum atomic E-state index is -3.39. The summed E-state index contributed by atoms with van der Waals surface area (Å²) in [5, 5.41) is 3.39. The van der Waals surface area contributed by atoms with Crippen LogP contribution in [0.25, 0.3) is 0 Å². The molecule has 2 heterocycles. The summed E-state index contributed by atoms with van der Waals surface area (Å²) in [6, 6.07) is 1.68. The predicted molar refractivity (Wildman–Crippen MR) is 88.7 cm³/mol. The lowest BCUT2D eigenvalue weighted by molar-refractivity contribution is 0.261. The second kappa shape index (κ2) is 7.42. The molecule has 1 aliphatic rings. The van der Waals surface area contributed by atoms with Crippen molar-refractivity contribution >= 4 is 33.0 Å². The number of sulfonamides is 1. The molecule has 1 atom stereocenters. The second-order valence-electron chi connectivity index (χ2n) is 5.60. The van der Waals surface area contributed by atoms with E-state index in [1.54, 1.807) is 10.4 Å². The van der Waals surface area contributed by atoms with Gasteiger partial charge in [0.1, 0.15) is 4.21 Å². The average molecular weight is 351 g/mol. The molecule has 2 rings (SSSR count). The summed E-state index contributed by atoms with van der Waals surface area (Å²) in [4.78, 5) is 0. The van der Waals surface area contributed by atoms with Gasteiger partial charge in [0.05, 0.1) is 4.34 Å². The zero-order chi connectivity index (χ0) is 15.5. The highest BCUT2D eigenvalue weighted by molar-refractivity contribution is 7.91. The number of aryl methyl sites for hydroxylation is 1. The monoisotopic (exact) mass is 350 g/mol. The molecule has 1 aromatic rings. The van der Waals surface area contributed by atoms with Crippen LogP contribution in [0.2, 0.25) is 4.34 Å². The van der Waals surface area contributed by atoms with Gasteiger partial charge in [0.2, 0.25) is 0 Å². The van der Waals surface area contributed by atoms with E-state index in [0.29, 0.717) is 27.6 Å². The molecule has 21 heavy (non-hydrogen) atoms. The Morgan fingerprint density at radius 1 is 1.52 bits per heavy atom. The zero-order valence-electron chi connectivity index (χ0n) is 12.6. The summed E-state index contributed by atoms with van der Waals surface area (Å²) in [5.74, 6) is 0.400. The number of thiophene rings is 1. The van der Waals surface area contributed by atoms with Gasteiger partial charge >= 0.3 is 0 Å². The maximum Gasteiger partial charge on any atom is 0.252 e. The Kier molecular flexibility index (Phi) is 6.08. The molecule has 0 aliphatic carbocycles. The van der Waals surface area contributed by atoms with Crippen molar-refractivity contribution in [2.75, 3.05) is 26.2 Å². The molecule has 7 heteroatoms. The van der Waals surface area contributed by atoms with Crippen molar-refractivity contribution in [2.24, 2.45) is 5.92 Å². The lowest BCUT2D eigenvalue weighted by Crippen LogP contribution is -2.42. The Hall–Kier alpha value is -0.140. The van der Waals surface area contributed by atoms with Crippen LogP contribution < -0.4 is 5.32 Å². The van der Waals surface area contributed by atoms with Gasteiger partial charge in [0.15, 0.2) is 0 Å². The minimum Gasteiger partial charge on any atom is -0.316 e. The van der Waals surface area contributed by atoms with Gasteiger partial charge in [-0.05, 0) is 56.8 Å².